The molecule has 0 fully saturated rings. The Morgan fingerprint density at radius 1 is 1.24 bits per heavy atom. The summed E-state index contributed by atoms with van der Waals surface area (Å²) in [5.74, 6) is 0.305. The summed E-state index contributed by atoms with van der Waals surface area (Å²) in [5.41, 5.74) is 2.04. The maximum Gasteiger partial charge on any atom is 0.146 e. The molecule has 0 aliphatic rings. The maximum atomic E-state index is 13.9. The van der Waals surface area contributed by atoms with Crippen molar-refractivity contribution in [1.29, 1.82) is 5.26 Å². The number of hydrogen-bond acceptors (Lipinski definition) is 3. The van der Waals surface area contributed by atoms with E-state index in [0.717, 1.165) is 5.56 Å². The highest BCUT2D eigenvalue weighted by Crippen LogP contribution is 2.24. The lowest BCUT2D eigenvalue weighted by molar-refractivity contribution is 0.413. The summed E-state index contributed by atoms with van der Waals surface area (Å²) in [4.78, 5) is 1.94. The van der Waals surface area contributed by atoms with Gasteiger partial charge >= 0.3 is 0 Å². The molecule has 0 bridgehead atoms. The van der Waals surface area contributed by atoms with Gasteiger partial charge in [0.25, 0.3) is 0 Å². The van der Waals surface area contributed by atoms with Crippen LogP contribution in [0.3, 0.4) is 0 Å². The third-order valence-electron chi connectivity index (χ3n) is 3.33. The van der Waals surface area contributed by atoms with Gasteiger partial charge in [0.15, 0.2) is 0 Å². The van der Waals surface area contributed by atoms with E-state index >= 15 is 0 Å². The third-order valence-corrected chi connectivity index (χ3v) is 3.33. The Morgan fingerprint density at radius 2 is 2.00 bits per heavy atom. The average Bonchev–Trinajstić information content (AvgIpc) is 2.53. The molecule has 0 spiro atoms. The minimum atomic E-state index is -0.236. The zero-order valence-corrected chi connectivity index (χ0v) is 12.1. The molecular weight excluding hydrogens is 267 g/mol. The highest BCUT2D eigenvalue weighted by Gasteiger charge is 2.11. The Hall–Kier alpha value is -2.54. The number of ether oxygens (including phenoxy) is 1. The lowest BCUT2D eigenvalue weighted by atomic mass is 10.1. The van der Waals surface area contributed by atoms with Crippen LogP contribution >= 0.6 is 0 Å². The molecule has 0 saturated heterocycles. The molecule has 21 heavy (non-hydrogen) atoms. The van der Waals surface area contributed by atoms with Crippen molar-refractivity contribution in [2.45, 2.75) is 13.5 Å². The molecule has 3 nitrogen and oxygen atoms in total. The molecule has 0 amide bonds. The summed E-state index contributed by atoms with van der Waals surface area (Å²) in [5, 5.41) is 8.99. The Morgan fingerprint density at radius 3 is 2.62 bits per heavy atom. The average molecular weight is 284 g/mol. The van der Waals surface area contributed by atoms with E-state index in [1.54, 1.807) is 18.2 Å². The van der Waals surface area contributed by atoms with Crippen LogP contribution in [0.25, 0.3) is 0 Å². The quantitative estimate of drug-likeness (QED) is 0.839. The SMILES string of the molecule is CCN(Cc1ccc(C#N)c(OC)c1)c1ccccc1F. The van der Waals surface area contributed by atoms with Crippen molar-refractivity contribution in [3.8, 4) is 11.8 Å². The summed E-state index contributed by atoms with van der Waals surface area (Å²) >= 11 is 0. The molecule has 0 aliphatic heterocycles. The van der Waals surface area contributed by atoms with Crippen molar-refractivity contribution < 1.29 is 9.13 Å². The van der Waals surface area contributed by atoms with Crippen LogP contribution in [0.2, 0.25) is 0 Å². The van der Waals surface area contributed by atoms with Gasteiger partial charge in [0.05, 0.1) is 18.4 Å². The van der Waals surface area contributed by atoms with Gasteiger partial charge in [-0.1, -0.05) is 18.2 Å². The van der Waals surface area contributed by atoms with Gasteiger partial charge in [0, 0.05) is 13.1 Å². The largest absolute Gasteiger partial charge is 0.495 e. The molecule has 108 valence electrons. The van der Waals surface area contributed by atoms with Crippen molar-refractivity contribution in [2.24, 2.45) is 0 Å². The molecule has 0 radical (unpaired) electrons. The van der Waals surface area contributed by atoms with E-state index in [2.05, 4.69) is 6.07 Å². The van der Waals surface area contributed by atoms with E-state index in [-0.39, 0.29) is 5.82 Å². The standard InChI is InChI=1S/C17H17FN2O/c1-3-20(16-7-5-4-6-15(16)18)12-13-8-9-14(11-19)17(10-13)21-2/h4-10H,3,12H2,1-2H3. The van der Waals surface area contributed by atoms with Crippen LogP contribution in [0.15, 0.2) is 42.5 Å². The molecule has 2 aromatic carbocycles. The van der Waals surface area contributed by atoms with Crippen molar-refractivity contribution in [2.75, 3.05) is 18.6 Å². The fraction of sp³-hybridized carbons (Fsp3) is 0.235. The number of anilines is 1. The van der Waals surface area contributed by atoms with Crippen LogP contribution < -0.4 is 9.64 Å². The van der Waals surface area contributed by atoms with Crippen molar-refractivity contribution >= 4 is 5.69 Å². The summed E-state index contributed by atoms with van der Waals surface area (Å²) in [7, 11) is 1.54. The first-order valence-electron chi connectivity index (χ1n) is 6.76. The Labute approximate surface area is 124 Å². The number of benzene rings is 2. The van der Waals surface area contributed by atoms with Crippen molar-refractivity contribution in [1.82, 2.24) is 0 Å². The molecule has 4 heteroatoms. The highest BCUT2D eigenvalue weighted by molar-refractivity contribution is 5.50. The van der Waals surface area contributed by atoms with Gasteiger partial charge < -0.3 is 9.64 Å². The van der Waals surface area contributed by atoms with E-state index in [1.165, 1.54) is 13.2 Å². The van der Waals surface area contributed by atoms with E-state index < -0.39 is 0 Å². The van der Waals surface area contributed by atoms with Crippen LogP contribution in [-0.4, -0.2) is 13.7 Å². The maximum absolute atomic E-state index is 13.9. The first-order chi connectivity index (χ1) is 10.2. The van der Waals surface area contributed by atoms with Crippen molar-refractivity contribution in [3.63, 3.8) is 0 Å². The van der Waals surface area contributed by atoms with Gasteiger partial charge in [-0.3, -0.25) is 0 Å². The van der Waals surface area contributed by atoms with Gasteiger partial charge in [-0.05, 0) is 36.8 Å². The lowest BCUT2D eigenvalue weighted by Gasteiger charge is -2.24. The molecule has 0 saturated carbocycles. The number of methoxy groups -OCH3 is 1. The van der Waals surface area contributed by atoms with Gasteiger partial charge in [0.2, 0.25) is 0 Å². The number of nitriles is 1. The van der Waals surface area contributed by atoms with Crippen LogP contribution in [0.4, 0.5) is 10.1 Å². The summed E-state index contributed by atoms with van der Waals surface area (Å²) in [6, 6.07) is 14.2. The molecule has 2 rings (SSSR count). The monoisotopic (exact) mass is 284 g/mol. The zero-order chi connectivity index (χ0) is 15.2. The molecule has 0 aromatic heterocycles. The number of hydrogen-bond donors (Lipinski definition) is 0. The molecule has 0 heterocycles. The number of nitrogens with zero attached hydrogens (tertiary/aromatic N) is 2. The first-order valence-corrected chi connectivity index (χ1v) is 6.76. The number of halogens is 1. The van der Waals surface area contributed by atoms with E-state index in [4.69, 9.17) is 10.00 Å². The van der Waals surface area contributed by atoms with E-state index in [9.17, 15) is 4.39 Å². The van der Waals surface area contributed by atoms with Gasteiger partial charge in [-0.15, -0.1) is 0 Å². The van der Waals surface area contributed by atoms with Gasteiger partial charge in [-0.2, -0.15) is 5.26 Å². The second-order valence-corrected chi connectivity index (χ2v) is 4.61. The molecule has 0 unspecified atom stereocenters. The first kappa shape index (κ1) is 14.9. The fourth-order valence-electron chi connectivity index (χ4n) is 2.22. The lowest BCUT2D eigenvalue weighted by Crippen LogP contribution is -2.23. The van der Waals surface area contributed by atoms with Gasteiger partial charge in [0.1, 0.15) is 17.6 Å². The van der Waals surface area contributed by atoms with Crippen LogP contribution in [0.1, 0.15) is 18.1 Å². The predicted molar refractivity (Wildman–Crippen MR) is 80.8 cm³/mol. The Bertz CT molecular complexity index is 664. The van der Waals surface area contributed by atoms with Crippen molar-refractivity contribution in [3.05, 3.63) is 59.4 Å². The molecule has 0 aliphatic carbocycles. The van der Waals surface area contributed by atoms with E-state index in [0.29, 0.717) is 30.1 Å². The van der Waals surface area contributed by atoms with Crippen LogP contribution in [0, 0.1) is 17.1 Å². The molecule has 0 atom stereocenters. The number of para-hydroxylation sites is 1. The minimum absolute atomic E-state index is 0.236. The summed E-state index contributed by atoms with van der Waals surface area (Å²) < 4.78 is 19.1. The van der Waals surface area contributed by atoms with Crippen LogP contribution in [-0.2, 0) is 6.54 Å². The fourth-order valence-corrected chi connectivity index (χ4v) is 2.22. The van der Waals surface area contributed by atoms with Crippen LogP contribution in [0.5, 0.6) is 5.75 Å². The summed E-state index contributed by atoms with van der Waals surface area (Å²) in [6.07, 6.45) is 0. The molecule has 0 N–H and O–H groups in total. The topological polar surface area (TPSA) is 36.3 Å². The summed E-state index contributed by atoms with van der Waals surface area (Å²) in [6.45, 7) is 3.22. The van der Waals surface area contributed by atoms with Gasteiger partial charge in [-0.25, -0.2) is 4.39 Å². The minimum Gasteiger partial charge on any atom is -0.495 e. The number of rotatable bonds is 5. The second-order valence-electron chi connectivity index (χ2n) is 4.61. The Balaban J connectivity index is 2.27. The Kier molecular flexibility index (Phi) is 4.78. The smallest absolute Gasteiger partial charge is 0.146 e. The zero-order valence-electron chi connectivity index (χ0n) is 12.1. The normalized spacial score (nSPS) is 10.0. The highest BCUT2D eigenvalue weighted by atomic mass is 19.1. The predicted octanol–water partition coefficient (Wildman–Crippen LogP) is 3.73. The van der Waals surface area contributed by atoms with E-state index in [1.807, 2.05) is 30.0 Å². The second kappa shape index (κ2) is 6.76. The third kappa shape index (κ3) is 3.32. The molecular formula is C17H17FN2O. The molecule has 2 aromatic rings.